The highest BCUT2D eigenvalue weighted by molar-refractivity contribution is 5.65. The van der Waals surface area contributed by atoms with Gasteiger partial charge in [0.15, 0.2) is 11.5 Å². The topological polar surface area (TPSA) is 90.2 Å². The molecule has 18 heavy (non-hydrogen) atoms. The fourth-order valence-corrected chi connectivity index (χ4v) is 1.56. The molecule has 0 aliphatic rings. The van der Waals surface area contributed by atoms with Crippen molar-refractivity contribution in [3.63, 3.8) is 0 Å². The molecule has 0 bridgehead atoms. The molecule has 0 aliphatic heterocycles. The van der Waals surface area contributed by atoms with Crippen LogP contribution in [0.2, 0.25) is 0 Å². The van der Waals surface area contributed by atoms with Crippen LogP contribution in [0.4, 0.5) is 5.69 Å². The van der Waals surface area contributed by atoms with Crippen LogP contribution in [0.3, 0.4) is 0 Å². The average Bonchev–Trinajstić information content (AvgIpc) is 2.41. The summed E-state index contributed by atoms with van der Waals surface area (Å²) in [7, 11) is 3.12. The Hall–Kier alpha value is -2.50. The number of ether oxygens (including phenoxy) is 2. The third-order valence-electron chi connectivity index (χ3n) is 2.51. The molecule has 2 rings (SSSR count). The van der Waals surface area contributed by atoms with Crippen LogP contribution >= 0.6 is 0 Å². The van der Waals surface area contributed by atoms with Crippen molar-refractivity contribution in [3.8, 4) is 22.8 Å². The molecule has 94 valence electrons. The van der Waals surface area contributed by atoms with Gasteiger partial charge in [-0.05, 0) is 24.3 Å². The van der Waals surface area contributed by atoms with Crippen molar-refractivity contribution < 1.29 is 9.47 Å². The van der Waals surface area contributed by atoms with E-state index in [-0.39, 0.29) is 5.69 Å². The van der Waals surface area contributed by atoms with Crippen LogP contribution in [-0.4, -0.2) is 24.4 Å². The minimum atomic E-state index is -0.403. The molecule has 6 nitrogen and oxygen atoms in total. The molecule has 0 radical (unpaired) electrons. The third-order valence-corrected chi connectivity index (χ3v) is 2.51. The number of H-pyrrole nitrogens is 1. The van der Waals surface area contributed by atoms with Gasteiger partial charge in [0.05, 0.1) is 19.9 Å². The van der Waals surface area contributed by atoms with Gasteiger partial charge in [-0.15, -0.1) is 0 Å². The largest absolute Gasteiger partial charge is 0.493 e. The Morgan fingerprint density at radius 2 is 1.89 bits per heavy atom. The molecule has 0 aliphatic carbocycles. The van der Waals surface area contributed by atoms with Gasteiger partial charge in [-0.2, -0.15) is 5.10 Å². The zero-order chi connectivity index (χ0) is 13.1. The van der Waals surface area contributed by atoms with Gasteiger partial charge in [0.25, 0.3) is 5.56 Å². The van der Waals surface area contributed by atoms with Crippen molar-refractivity contribution in [1.29, 1.82) is 0 Å². The van der Waals surface area contributed by atoms with E-state index in [1.165, 1.54) is 6.07 Å². The number of hydrogen-bond acceptors (Lipinski definition) is 5. The summed E-state index contributed by atoms with van der Waals surface area (Å²) in [5, 5.41) is 6.26. The molecule has 0 atom stereocenters. The second kappa shape index (κ2) is 4.79. The molecular formula is C12H13N3O3. The fraction of sp³-hybridized carbons (Fsp3) is 0.167. The summed E-state index contributed by atoms with van der Waals surface area (Å²) in [6.45, 7) is 0. The number of nitrogens with zero attached hydrogens (tertiary/aromatic N) is 1. The van der Waals surface area contributed by atoms with Gasteiger partial charge in [0.2, 0.25) is 0 Å². The van der Waals surface area contributed by atoms with E-state index in [9.17, 15) is 4.79 Å². The summed E-state index contributed by atoms with van der Waals surface area (Å²) in [5.74, 6) is 1.21. The van der Waals surface area contributed by atoms with Crippen LogP contribution < -0.4 is 20.8 Å². The van der Waals surface area contributed by atoms with E-state index in [2.05, 4.69) is 10.2 Å². The molecule has 1 heterocycles. The maximum Gasteiger partial charge on any atom is 0.287 e. The monoisotopic (exact) mass is 247 g/mol. The first-order chi connectivity index (χ1) is 8.65. The molecule has 0 fully saturated rings. The molecular weight excluding hydrogens is 234 g/mol. The van der Waals surface area contributed by atoms with Crippen molar-refractivity contribution in [2.24, 2.45) is 0 Å². The van der Waals surface area contributed by atoms with Gasteiger partial charge >= 0.3 is 0 Å². The zero-order valence-electron chi connectivity index (χ0n) is 10.1. The van der Waals surface area contributed by atoms with Gasteiger partial charge in [0, 0.05) is 5.56 Å². The lowest BCUT2D eigenvalue weighted by atomic mass is 10.1. The molecule has 0 saturated heterocycles. The Bertz CT molecular complexity index is 622. The molecule has 0 saturated carbocycles. The van der Waals surface area contributed by atoms with Crippen LogP contribution in [0.25, 0.3) is 11.3 Å². The van der Waals surface area contributed by atoms with E-state index >= 15 is 0 Å². The van der Waals surface area contributed by atoms with Crippen molar-refractivity contribution in [2.75, 3.05) is 20.0 Å². The molecule has 0 amide bonds. The Balaban J connectivity index is 2.50. The number of aromatic nitrogens is 2. The first-order valence-corrected chi connectivity index (χ1v) is 5.23. The van der Waals surface area contributed by atoms with Gasteiger partial charge < -0.3 is 15.2 Å². The van der Waals surface area contributed by atoms with Crippen molar-refractivity contribution in [1.82, 2.24) is 10.2 Å². The van der Waals surface area contributed by atoms with Gasteiger partial charge in [-0.3, -0.25) is 4.79 Å². The summed E-state index contributed by atoms with van der Waals surface area (Å²) in [6, 6.07) is 6.84. The first kappa shape index (κ1) is 12.0. The summed E-state index contributed by atoms with van der Waals surface area (Å²) < 4.78 is 10.3. The predicted octanol–water partition coefficient (Wildman–Crippen LogP) is 1.04. The Morgan fingerprint density at radius 3 is 2.50 bits per heavy atom. The van der Waals surface area contributed by atoms with Crippen LogP contribution in [0.5, 0.6) is 11.5 Å². The SMILES string of the molecule is COc1ccc(-c2cc(N)c(=O)[nH]n2)cc1OC. The minimum Gasteiger partial charge on any atom is -0.493 e. The van der Waals surface area contributed by atoms with Gasteiger partial charge in [0.1, 0.15) is 5.69 Å². The lowest BCUT2D eigenvalue weighted by molar-refractivity contribution is 0.355. The number of nitrogen functional groups attached to an aromatic ring is 1. The highest BCUT2D eigenvalue weighted by Gasteiger charge is 2.08. The number of anilines is 1. The standard InChI is InChI=1S/C12H13N3O3/c1-17-10-4-3-7(5-11(10)18-2)9-6-8(13)12(16)15-14-9/h3-6H,1-2H3,(H2,13,14)(H,15,16). The van der Waals surface area contributed by atoms with Crippen LogP contribution in [0, 0.1) is 0 Å². The second-order valence-corrected chi connectivity index (χ2v) is 3.61. The lowest BCUT2D eigenvalue weighted by Crippen LogP contribution is -2.13. The van der Waals surface area contributed by atoms with E-state index < -0.39 is 5.56 Å². The highest BCUT2D eigenvalue weighted by Crippen LogP contribution is 2.31. The summed E-state index contributed by atoms with van der Waals surface area (Å²) in [5.41, 5.74) is 6.60. The lowest BCUT2D eigenvalue weighted by Gasteiger charge is -2.09. The maximum absolute atomic E-state index is 11.1. The van der Waals surface area contributed by atoms with E-state index in [0.29, 0.717) is 17.2 Å². The predicted molar refractivity (Wildman–Crippen MR) is 67.8 cm³/mol. The quantitative estimate of drug-likeness (QED) is 0.845. The van der Waals surface area contributed by atoms with Gasteiger partial charge in [-0.25, -0.2) is 5.10 Å². The number of benzene rings is 1. The summed E-state index contributed by atoms with van der Waals surface area (Å²) in [6.07, 6.45) is 0. The zero-order valence-corrected chi connectivity index (χ0v) is 10.1. The number of nitrogens with two attached hydrogens (primary N) is 1. The van der Waals surface area contributed by atoms with Crippen molar-refractivity contribution >= 4 is 5.69 Å². The molecule has 6 heteroatoms. The Labute approximate surface area is 103 Å². The molecule has 0 unspecified atom stereocenters. The number of methoxy groups -OCH3 is 2. The summed E-state index contributed by atoms with van der Waals surface area (Å²) >= 11 is 0. The smallest absolute Gasteiger partial charge is 0.287 e. The number of nitrogens with one attached hydrogen (secondary N) is 1. The third kappa shape index (κ3) is 2.13. The average molecular weight is 247 g/mol. The van der Waals surface area contributed by atoms with Crippen LogP contribution in [-0.2, 0) is 0 Å². The van der Waals surface area contributed by atoms with E-state index in [1.54, 1.807) is 32.4 Å². The molecule has 3 N–H and O–H groups in total. The molecule has 1 aromatic carbocycles. The fourth-order valence-electron chi connectivity index (χ4n) is 1.56. The molecule has 2 aromatic rings. The number of aromatic amines is 1. The Kier molecular flexibility index (Phi) is 3.18. The number of hydrogen-bond donors (Lipinski definition) is 2. The summed E-state index contributed by atoms with van der Waals surface area (Å²) in [4.78, 5) is 11.1. The van der Waals surface area contributed by atoms with E-state index in [0.717, 1.165) is 5.56 Å². The number of rotatable bonds is 3. The molecule has 0 spiro atoms. The van der Waals surface area contributed by atoms with E-state index in [4.69, 9.17) is 15.2 Å². The van der Waals surface area contributed by atoms with Gasteiger partial charge in [-0.1, -0.05) is 0 Å². The first-order valence-electron chi connectivity index (χ1n) is 5.23. The highest BCUT2D eigenvalue weighted by atomic mass is 16.5. The second-order valence-electron chi connectivity index (χ2n) is 3.61. The maximum atomic E-state index is 11.1. The molecule has 1 aromatic heterocycles. The van der Waals surface area contributed by atoms with Crippen LogP contribution in [0.1, 0.15) is 0 Å². The van der Waals surface area contributed by atoms with Crippen molar-refractivity contribution in [2.45, 2.75) is 0 Å². The van der Waals surface area contributed by atoms with Crippen LogP contribution in [0.15, 0.2) is 29.1 Å². The van der Waals surface area contributed by atoms with E-state index in [1.807, 2.05) is 0 Å². The normalized spacial score (nSPS) is 10.1. The van der Waals surface area contributed by atoms with Crippen molar-refractivity contribution in [3.05, 3.63) is 34.6 Å². The minimum absolute atomic E-state index is 0.120. The Morgan fingerprint density at radius 1 is 1.17 bits per heavy atom.